The Morgan fingerprint density at radius 2 is 1.42 bits per heavy atom. The third-order valence-electron chi connectivity index (χ3n) is 3.48. The van der Waals surface area contributed by atoms with E-state index in [-0.39, 0.29) is 0 Å². The molecule has 4 heteroatoms. The second kappa shape index (κ2) is 5.49. The van der Waals surface area contributed by atoms with E-state index in [1.54, 1.807) is 0 Å². The number of para-hydroxylation sites is 1. The SMILES string of the molecule is Clc1ccc(N2CCN(c3ccccc3)CC2)cn1. The zero-order valence-corrected chi connectivity index (χ0v) is 11.4. The lowest BCUT2D eigenvalue weighted by atomic mass is 10.2. The number of hydrogen-bond acceptors (Lipinski definition) is 3. The number of benzene rings is 1. The highest BCUT2D eigenvalue weighted by Gasteiger charge is 2.17. The predicted molar refractivity (Wildman–Crippen MR) is 80.1 cm³/mol. The van der Waals surface area contributed by atoms with Gasteiger partial charge in [-0.05, 0) is 24.3 Å². The van der Waals surface area contributed by atoms with Crippen LogP contribution in [0.1, 0.15) is 0 Å². The highest BCUT2D eigenvalue weighted by molar-refractivity contribution is 6.29. The van der Waals surface area contributed by atoms with Crippen molar-refractivity contribution in [3.63, 3.8) is 0 Å². The molecular weight excluding hydrogens is 258 g/mol. The van der Waals surface area contributed by atoms with Gasteiger partial charge in [0.1, 0.15) is 5.15 Å². The molecule has 1 aliphatic rings. The molecule has 1 fully saturated rings. The minimum absolute atomic E-state index is 0.548. The van der Waals surface area contributed by atoms with Gasteiger partial charge in [-0.25, -0.2) is 4.98 Å². The molecule has 0 amide bonds. The third-order valence-corrected chi connectivity index (χ3v) is 3.70. The van der Waals surface area contributed by atoms with Crippen LogP contribution in [-0.4, -0.2) is 31.2 Å². The maximum atomic E-state index is 5.82. The van der Waals surface area contributed by atoms with Crippen molar-refractivity contribution in [2.45, 2.75) is 0 Å². The molecule has 1 saturated heterocycles. The van der Waals surface area contributed by atoms with E-state index in [9.17, 15) is 0 Å². The number of rotatable bonds is 2. The number of hydrogen-bond donors (Lipinski definition) is 0. The summed E-state index contributed by atoms with van der Waals surface area (Å²) in [5.74, 6) is 0. The van der Waals surface area contributed by atoms with Crippen LogP contribution in [0.4, 0.5) is 11.4 Å². The van der Waals surface area contributed by atoms with Gasteiger partial charge in [0.15, 0.2) is 0 Å². The van der Waals surface area contributed by atoms with Crippen LogP contribution < -0.4 is 9.80 Å². The zero-order chi connectivity index (χ0) is 13.1. The molecule has 0 unspecified atom stereocenters. The lowest BCUT2D eigenvalue weighted by Gasteiger charge is -2.37. The summed E-state index contributed by atoms with van der Waals surface area (Å²) in [5, 5.41) is 0.548. The Morgan fingerprint density at radius 1 is 0.789 bits per heavy atom. The molecule has 0 atom stereocenters. The van der Waals surface area contributed by atoms with Gasteiger partial charge in [0.25, 0.3) is 0 Å². The van der Waals surface area contributed by atoms with Crippen molar-refractivity contribution in [1.82, 2.24) is 4.98 Å². The first-order chi connectivity index (χ1) is 9.33. The molecular formula is C15H16ClN3. The summed E-state index contributed by atoms with van der Waals surface area (Å²) in [4.78, 5) is 8.91. The molecule has 3 rings (SSSR count). The molecule has 1 aromatic heterocycles. The first-order valence-electron chi connectivity index (χ1n) is 6.49. The molecule has 2 heterocycles. The molecule has 0 N–H and O–H groups in total. The van der Waals surface area contributed by atoms with Gasteiger partial charge in [0.05, 0.1) is 11.9 Å². The summed E-state index contributed by atoms with van der Waals surface area (Å²) >= 11 is 5.82. The third kappa shape index (κ3) is 2.82. The van der Waals surface area contributed by atoms with Gasteiger partial charge in [-0.2, -0.15) is 0 Å². The summed E-state index contributed by atoms with van der Waals surface area (Å²) in [6.45, 7) is 4.09. The lowest BCUT2D eigenvalue weighted by Crippen LogP contribution is -2.46. The highest BCUT2D eigenvalue weighted by atomic mass is 35.5. The topological polar surface area (TPSA) is 19.4 Å². The molecule has 2 aromatic rings. The first-order valence-corrected chi connectivity index (χ1v) is 6.87. The van der Waals surface area contributed by atoms with Crippen molar-refractivity contribution < 1.29 is 0 Å². The van der Waals surface area contributed by atoms with Gasteiger partial charge in [-0.3, -0.25) is 0 Å². The molecule has 0 radical (unpaired) electrons. The van der Waals surface area contributed by atoms with E-state index >= 15 is 0 Å². The minimum atomic E-state index is 0.548. The molecule has 1 aliphatic heterocycles. The predicted octanol–water partition coefficient (Wildman–Crippen LogP) is 3.06. The quantitative estimate of drug-likeness (QED) is 0.784. The zero-order valence-electron chi connectivity index (χ0n) is 10.7. The molecule has 1 aromatic carbocycles. The van der Waals surface area contributed by atoms with Crippen molar-refractivity contribution in [2.24, 2.45) is 0 Å². The van der Waals surface area contributed by atoms with Crippen molar-refractivity contribution in [1.29, 1.82) is 0 Å². The fraction of sp³-hybridized carbons (Fsp3) is 0.267. The maximum absolute atomic E-state index is 5.82. The smallest absolute Gasteiger partial charge is 0.129 e. The number of piperazine rings is 1. The Balaban J connectivity index is 1.65. The van der Waals surface area contributed by atoms with Gasteiger partial charge in [0, 0.05) is 31.9 Å². The number of halogens is 1. The monoisotopic (exact) mass is 273 g/mol. The van der Waals surface area contributed by atoms with E-state index in [4.69, 9.17) is 11.6 Å². The van der Waals surface area contributed by atoms with E-state index in [0.29, 0.717) is 5.15 Å². The van der Waals surface area contributed by atoms with Gasteiger partial charge in [-0.1, -0.05) is 29.8 Å². The van der Waals surface area contributed by atoms with Gasteiger partial charge >= 0.3 is 0 Å². The fourth-order valence-electron chi connectivity index (χ4n) is 2.42. The van der Waals surface area contributed by atoms with Gasteiger partial charge < -0.3 is 9.80 Å². The molecule has 0 spiro atoms. The summed E-state index contributed by atoms with van der Waals surface area (Å²) < 4.78 is 0. The summed E-state index contributed by atoms with van der Waals surface area (Å²) in [5.41, 5.74) is 2.45. The second-order valence-corrected chi connectivity index (χ2v) is 5.04. The van der Waals surface area contributed by atoms with Crippen LogP contribution in [0.3, 0.4) is 0 Å². The van der Waals surface area contributed by atoms with Crippen molar-refractivity contribution in [2.75, 3.05) is 36.0 Å². The van der Waals surface area contributed by atoms with Gasteiger partial charge in [0.2, 0.25) is 0 Å². The summed E-state index contributed by atoms with van der Waals surface area (Å²) in [7, 11) is 0. The number of aromatic nitrogens is 1. The minimum Gasteiger partial charge on any atom is -0.368 e. The van der Waals surface area contributed by atoms with Crippen LogP contribution >= 0.6 is 11.6 Å². The second-order valence-electron chi connectivity index (χ2n) is 4.65. The van der Waals surface area contributed by atoms with Crippen molar-refractivity contribution in [3.8, 4) is 0 Å². The number of pyridine rings is 1. The van der Waals surface area contributed by atoms with E-state index in [1.807, 2.05) is 18.3 Å². The molecule has 3 nitrogen and oxygen atoms in total. The van der Waals surface area contributed by atoms with Crippen LogP contribution in [-0.2, 0) is 0 Å². The Hall–Kier alpha value is -1.74. The number of anilines is 2. The van der Waals surface area contributed by atoms with Crippen LogP contribution in [0.2, 0.25) is 5.15 Å². The van der Waals surface area contributed by atoms with Crippen LogP contribution in [0.25, 0.3) is 0 Å². The van der Waals surface area contributed by atoms with E-state index in [0.717, 1.165) is 31.9 Å². The van der Waals surface area contributed by atoms with E-state index < -0.39 is 0 Å². The van der Waals surface area contributed by atoms with Crippen LogP contribution in [0.5, 0.6) is 0 Å². The van der Waals surface area contributed by atoms with Crippen LogP contribution in [0.15, 0.2) is 48.7 Å². The van der Waals surface area contributed by atoms with Gasteiger partial charge in [-0.15, -0.1) is 0 Å². The highest BCUT2D eigenvalue weighted by Crippen LogP contribution is 2.20. The maximum Gasteiger partial charge on any atom is 0.129 e. The van der Waals surface area contributed by atoms with Crippen molar-refractivity contribution >= 4 is 23.0 Å². The standard InChI is InChI=1S/C15H16ClN3/c16-15-7-6-14(12-17-15)19-10-8-18(9-11-19)13-4-2-1-3-5-13/h1-7,12H,8-11H2. The Bertz CT molecular complexity index is 519. The molecule has 0 aliphatic carbocycles. The Labute approximate surface area is 118 Å². The molecule has 0 saturated carbocycles. The first kappa shape index (κ1) is 12.3. The fourth-order valence-corrected chi connectivity index (χ4v) is 2.53. The van der Waals surface area contributed by atoms with Crippen molar-refractivity contribution in [3.05, 3.63) is 53.8 Å². The number of nitrogens with zero attached hydrogens (tertiary/aromatic N) is 3. The lowest BCUT2D eigenvalue weighted by molar-refractivity contribution is 0.653. The Kier molecular flexibility index (Phi) is 3.56. The van der Waals surface area contributed by atoms with E-state index in [2.05, 4.69) is 45.1 Å². The van der Waals surface area contributed by atoms with Crippen LogP contribution in [0, 0.1) is 0 Å². The molecule has 19 heavy (non-hydrogen) atoms. The summed E-state index contributed by atoms with van der Waals surface area (Å²) in [6.07, 6.45) is 1.85. The average Bonchev–Trinajstić information content (AvgIpc) is 2.49. The Morgan fingerprint density at radius 3 is 2.00 bits per heavy atom. The van der Waals surface area contributed by atoms with E-state index in [1.165, 1.54) is 5.69 Å². The molecule has 98 valence electrons. The largest absolute Gasteiger partial charge is 0.368 e. The molecule has 0 bridgehead atoms. The average molecular weight is 274 g/mol. The summed E-state index contributed by atoms with van der Waals surface area (Å²) in [6, 6.07) is 14.4. The normalized spacial score (nSPS) is 15.6.